The fourth-order valence-electron chi connectivity index (χ4n) is 2.76. The van der Waals surface area contributed by atoms with E-state index in [0.29, 0.717) is 17.5 Å². The van der Waals surface area contributed by atoms with E-state index in [4.69, 9.17) is 17.3 Å². The molecule has 0 amide bonds. The molecule has 0 saturated carbocycles. The summed E-state index contributed by atoms with van der Waals surface area (Å²) >= 11 is 6.27. The van der Waals surface area contributed by atoms with Gasteiger partial charge in [-0.05, 0) is 30.7 Å². The van der Waals surface area contributed by atoms with Gasteiger partial charge in [-0.2, -0.15) is 0 Å². The van der Waals surface area contributed by atoms with E-state index in [2.05, 4.69) is 34.1 Å². The van der Waals surface area contributed by atoms with Crippen LogP contribution in [0.15, 0.2) is 42.7 Å². The maximum absolute atomic E-state index is 6.27. The van der Waals surface area contributed by atoms with Crippen LogP contribution in [0.3, 0.4) is 0 Å². The fourth-order valence-corrected chi connectivity index (χ4v) is 2.98. The molecule has 1 aromatic carbocycles. The molecule has 1 unspecified atom stereocenters. The lowest BCUT2D eigenvalue weighted by Crippen LogP contribution is -2.17. The van der Waals surface area contributed by atoms with Crippen molar-refractivity contribution in [2.75, 3.05) is 18.0 Å². The van der Waals surface area contributed by atoms with Gasteiger partial charge in [0.25, 0.3) is 0 Å². The molecule has 0 radical (unpaired) electrons. The molecule has 3 rings (SSSR count). The van der Waals surface area contributed by atoms with Crippen molar-refractivity contribution in [1.82, 2.24) is 4.98 Å². The number of para-hydroxylation sites is 1. The van der Waals surface area contributed by atoms with Gasteiger partial charge in [0.05, 0.1) is 10.7 Å². The van der Waals surface area contributed by atoms with Crippen molar-refractivity contribution >= 4 is 23.0 Å². The average molecular weight is 274 g/mol. The highest BCUT2D eigenvalue weighted by Gasteiger charge is 2.29. The highest BCUT2D eigenvalue weighted by atomic mass is 35.5. The van der Waals surface area contributed by atoms with Crippen molar-refractivity contribution in [2.24, 2.45) is 5.73 Å². The molecule has 0 fully saturated rings. The first-order valence-electron chi connectivity index (χ1n) is 6.47. The Balaban J connectivity index is 2.03. The highest BCUT2D eigenvalue weighted by Crippen LogP contribution is 2.43. The van der Waals surface area contributed by atoms with Gasteiger partial charge in [0.15, 0.2) is 0 Å². The number of aromatic nitrogens is 1. The predicted octanol–water partition coefficient (Wildman–Crippen LogP) is 3.32. The van der Waals surface area contributed by atoms with Crippen molar-refractivity contribution in [1.29, 1.82) is 0 Å². The third kappa shape index (κ3) is 2.20. The van der Waals surface area contributed by atoms with Crippen molar-refractivity contribution in [3.63, 3.8) is 0 Å². The number of rotatable bonds is 3. The molecule has 1 aliphatic heterocycles. The van der Waals surface area contributed by atoms with Crippen molar-refractivity contribution in [3.8, 4) is 0 Å². The minimum absolute atomic E-state index is 0.477. The Bertz CT molecular complexity index is 585. The fraction of sp³-hybridized carbons (Fsp3) is 0.267. The minimum atomic E-state index is 0.477. The minimum Gasteiger partial charge on any atom is -0.339 e. The molecule has 0 aliphatic carbocycles. The Morgan fingerprint density at radius 2 is 2.11 bits per heavy atom. The smallest absolute Gasteiger partial charge is 0.0826 e. The zero-order valence-corrected chi connectivity index (χ0v) is 11.3. The van der Waals surface area contributed by atoms with Gasteiger partial charge >= 0.3 is 0 Å². The summed E-state index contributed by atoms with van der Waals surface area (Å²) in [6.45, 7) is 1.64. The normalized spacial score (nSPS) is 17.6. The van der Waals surface area contributed by atoms with E-state index >= 15 is 0 Å². The summed E-state index contributed by atoms with van der Waals surface area (Å²) in [5.74, 6) is 0.477. The second-order valence-corrected chi connectivity index (χ2v) is 5.18. The Morgan fingerprint density at radius 1 is 1.26 bits per heavy atom. The third-order valence-electron chi connectivity index (χ3n) is 3.63. The highest BCUT2D eigenvalue weighted by molar-refractivity contribution is 6.33. The number of anilines is 2. The van der Waals surface area contributed by atoms with Gasteiger partial charge in [0.2, 0.25) is 0 Å². The first kappa shape index (κ1) is 12.5. The van der Waals surface area contributed by atoms with Crippen molar-refractivity contribution < 1.29 is 0 Å². The van der Waals surface area contributed by atoms with Gasteiger partial charge in [-0.15, -0.1) is 0 Å². The van der Waals surface area contributed by atoms with Gasteiger partial charge in [-0.1, -0.05) is 29.8 Å². The van der Waals surface area contributed by atoms with Crippen LogP contribution in [-0.2, 0) is 0 Å². The predicted molar refractivity (Wildman–Crippen MR) is 79.1 cm³/mol. The summed E-state index contributed by atoms with van der Waals surface area (Å²) in [5.41, 5.74) is 9.33. The summed E-state index contributed by atoms with van der Waals surface area (Å²) in [6, 6.07) is 10.4. The molecular formula is C15H16ClN3. The quantitative estimate of drug-likeness (QED) is 0.933. The van der Waals surface area contributed by atoms with E-state index in [-0.39, 0.29) is 0 Å². The molecule has 1 aliphatic rings. The van der Waals surface area contributed by atoms with E-state index in [1.54, 1.807) is 12.4 Å². The Kier molecular flexibility index (Phi) is 3.40. The SMILES string of the molecule is NCCC1CN(c2ccncc2Cl)c2ccccc21. The maximum atomic E-state index is 6.27. The van der Waals surface area contributed by atoms with Crippen LogP contribution in [0.2, 0.25) is 5.02 Å². The molecule has 1 atom stereocenters. The second kappa shape index (κ2) is 5.19. The molecule has 1 aromatic heterocycles. The number of pyridine rings is 1. The molecule has 3 nitrogen and oxygen atoms in total. The van der Waals surface area contributed by atoms with E-state index < -0.39 is 0 Å². The molecule has 0 bridgehead atoms. The number of nitrogens with two attached hydrogens (primary N) is 1. The van der Waals surface area contributed by atoms with E-state index in [9.17, 15) is 0 Å². The van der Waals surface area contributed by atoms with Crippen molar-refractivity contribution in [3.05, 3.63) is 53.3 Å². The first-order valence-corrected chi connectivity index (χ1v) is 6.85. The van der Waals surface area contributed by atoms with Crippen LogP contribution in [0.4, 0.5) is 11.4 Å². The Hall–Kier alpha value is -1.58. The summed E-state index contributed by atoms with van der Waals surface area (Å²) in [4.78, 5) is 6.31. The lowest BCUT2D eigenvalue weighted by Gasteiger charge is -2.21. The number of benzene rings is 1. The van der Waals surface area contributed by atoms with Crippen LogP contribution < -0.4 is 10.6 Å². The van der Waals surface area contributed by atoms with Crippen LogP contribution in [0.5, 0.6) is 0 Å². The third-order valence-corrected chi connectivity index (χ3v) is 3.92. The summed E-state index contributed by atoms with van der Waals surface area (Å²) in [7, 11) is 0. The molecule has 2 aromatic rings. The zero-order chi connectivity index (χ0) is 13.2. The molecule has 98 valence electrons. The monoisotopic (exact) mass is 273 g/mol. The number of nitrogens with zero attached hydrogens (tertiary/aromatic N) is 2. The van der Waals surface area contributed by atoms with Gasteiger partial charge in [0.1, 0.15) is 0 Å². The van der Waals surface area contributed by atoms with E-state index in [0.717, 1.165) is 18.7 Å². The molecule has 2 N–H and O–H groups in total. The standard InChI is InChI=1S/C15H16ClN3/c16-13-9-18-8-6-15(13)19-10-11(5-7-17)12-3-1-2-4-14(12)19/h1-4,6,8-9,11H,5,7,10,17H2. The van der Waals surface area contributed by atoms with Crippen LogP contribution in [-0.4, -0.2) is 18.1 Å². The van der Waals surface area contributed by atoms with Crippen LogP contribution in [0.1, 0.15) is 17.9 Å². The second-order valence-electron chi connectivity index (χ2n) is 4.77. The van der Waals surface area contributed by atoms with Crippen LogP contribution in [0, 0.1) is 0 Å². The van der Waals surface area contributed by atoms with E-state index in [1.807, 2.05) is 6.07 Å². The molecule has 19 heavy (non-hydrogen) atoms. The van der Waals surface area contributed by atoms with Crippen molar-refractivity contribution in [2.45, 2.75) is 12.3 Å². The zero-order valence-electron chi connectivity index (χ0n) is 10.6. The maximum Gasteiger partial charge on any atom is 0.0826 e. The Morgan fingerprint density at radius 3 is 2.89 bits per heavy atom. The largest absolute Gasteiger partial charge is 0.339 e. The molecule has 2 heterocycles. The van der Waals surface area contributed by atoms with Gasteiger partial charge in [-0.25, -0.2) is 0 Å². The molecular weight excluding hydrogens is 258 g/mol. The lowest BCUT2D eigenvalue weighted by molar-refractivity contribution is 0.669. The molecule has 0 saturated heterocycles. The van der Waals surface area contributed by atoms with E-state index in [1.165, 1.54) is 11.3 Å². The van der Waals surface area contributed by atoms with Gasteiger partial charge < -0.3 is 10.6 Å². The average Bonchev–Trinajstić information content (AvgIpc) is 2.79. The number of hydrogen-bond donors (Lipinski definition) is 1. The van der Waals surface area contributed by atoms with Crippen LogP contribution >= 0.6 is 11.6 Å². The molecule has 0 spiro atoms. The van der Waals surface area contributed by atoms with Gasteiger partial charge in [-0.3, -0.25) is 4.98 Å². The van der Waals surface area contributed by atoms with Crippen LogP contribution in [0.25, 0.3) is 0 Å². The number of hydrogen-bond acceptors (Lipinski definition) is 3. The van der Waals surface area contributed by atoms with Gasteiger partial charge in [0, 0.05) is 30.5 Å². The lowest BCUT2D eigenvalue weighted by atomic mass is 9.98. The topological polar surface area (TPSA) is 42.1 Å². The summed E-state index contributed by atoms with van der Waals surface area (Å²) in [5, 5.41) is 0.686. The Labute approximate surface area is 118 Å². The molecule has 4 heteroatoms. The summed E-state index contributed by atoms with van der Waals surface area (Å²) in [6.07, 6.45) is 4.46. The first-order chi connectivity index (χ1) is 9.31. The number of fused-ring (bicyclic) bond motifs is 1. The number of halogens is 1. The summed E-state index contributed by atoms with van der Waals surface area (Å²) < 4.78 is 0.